The van der Waals surface area contributed by atoms with Crippen LogP contribution in [0.5, 0.6) is 0 Å². The van der Waals surface area contributed by atoms with E-state index in [1.54, 1.807) is 26.0 Å². The summed E-state index contributed by atoms with van der Waals surface area (Å²) in [6, 6.07) is 0. The van der Waals surface area contributed by atoms with Gasteiger partial charge in [-0.25, -0.2) is 0 Å². The molecule has 1 heterocycles. The summed E-state index contributed by atoms with van der Waals surface area (Å²) < 4.78 is 19.0. The van der Waals surface area contributed by atoms with Gasteiger partial charge >= 0.3 is 5.97 Å². The predicted molar refractivity (Wildman–Crippen MR) is 143 cm³/mol. The topological polar surface area (TPSA) is 99.1 Å². The van der Waals surface area contributed by atoms with Gasteiger partial charge in [0.15, 0.2) is 24.3 Å². The Balaban J connectivity index is 1.35. The fraction of sp³-hybridized carbons (Fsp3) is 0.781. The standard InChI is InChI=1S/C32H44O7/c1-18(2)28(36)37-17-25(35)32-26(38-29(39-32)19-8-6-5-7-9-19)15-23-22-11-10-20-14-21(33)12-13-30(20,3)27(22)24(34)16-31(23,32)4/h12-14,18-19,22-24,26-27,29,34H,5-11,15-17H2,1-4H3/t22?,23?,24?,26?,27?,29?,30-,31-,32+/m0/s1. The molecule has 6 aliphatic rings. The fourth-order valence-electron chi connectivity index (χ4n) is 9.62. The first-order valence-corrected chi connectivity index (χ1v) is 15.2. The molecule has 0 aromatic rings. The molecule has 6 rings (SSSR count). The average molecular weight is 541 g/mol. The van der Waals surface area contributed by atoms with Gasteiger partial charge in [-0.3, -0.25) is 14.4 Å². The maximum atomic E-state index is 14.2. The summed E-state index contributed by atoms with van der Waals surface area (Å²) in [7, 11) is 0. The maximum Gasteiger partial charge on any atom is 0.308 e. The highest BCUT2D eigenvalue weighted by atomic mass is 16.7. The highest BCUT2D eigenvalue weighted by Gasteiger charge is 2.76. The van der Waals surface area contributed by atoms with Crippen molar-refractivity contribution in [2.75, 3.05) is 6.61 Å². The summed E-state index contributed by atoms with van der Waals surface area (Å²) in [6.45, 7) is 7.44. The minimum atomic E-state index is -1.25. The normalized spacial score (nSPS) is 45.3. The van der Waals surface area contributed by atoms with Gasteiger partial charge in [0.2, 0.25) is 5.78 Å². The van der Waals surface area contributed by atoms with Gasteiger partial charge in [-0.1, -0.05) is 58.6 Å². The Hall–Kier alpha value is -1.83. The Labute approximate surface area is 231 Å². The van der Waals surface area contributed by atoms with Crippen molar-refractivity contribution < 1.29 is 33.7 Å². The second-order valence-electron chi connectivity index (χ2n) is 13.9. The van der Waals surface area contributed by atoms with Gasteiger partial charge < -0.3 is 19.3 Å². The SMILES string of the molecule is CC(C)C(=O)OCC(=O)[C@@]12OC(C3CCCCC3)OC1CC1C3CCC4=CC(=O)C=C[C@]4(C)C3C(O)C[C@@]12C. The summed E-state index contributed by atoms with van der Waals surface area (Å²) in [6.07, 6.45) is 12.2. The molecule has 7 heteroatoms. The first-order chi connectivity index (χ1) is 18.5. The number of hydrogen-bond acceptors (Lipinski definition) is 7. The van der Waals surface area contributed by atoms with Crippen LogP contribution in [-0.2, 0) is 28.6 Å². The lowest BCUT2D eigenvalue weighted by Crippen LogP contribution is -2.63. The minimum absolute atomic E-state index is 0.0162. The van der Waals surface area contributed by atoms with Crippen molar-refractivity contribution in [3.05, 3.63) is 23.8 Å². The number of aliphatic hydroxyl groups excluding tert-OH is 1. The van der Waals surface area contributed by atoms with Gasteiger partial charge in [-0.15, -0.1) is 0 Å². The number of ether oxygens (including phenoxy) is 3. The van der Waals surface area contributed by atoms with Crippen LogP contribution in [0, 0.1) is 40.4 Å². The highest BCUT2D eigenvalue weighted by molar-refractivity contribution is 6.01. The maximum absolute atomic E-state index is 14.2. The van der Waals surface area contributed by atoms with Crippen LogP contribution >= 0.6 is 0 Å². The molecular formula is C32H44O7. The second-order valence-corrected chi connectivity index (χ2v) is 13.9. The van der Waals surface area contributed by atoms with E-state index in [4.69, 9.17) is 14.2 Å². The Morgan fingerprint density at radius 3 is 2.62 bits per heavy atom. The van der Waals surface area contributed by atoms with Crippen molar-refractivity contribution in [2.45, 2.75) is 110 Å². The van der Waals surface area contributed by atoms with E-state index in [2.05, 4.69) is 13.8 Å². The molecule has 0 aromatic carbocycles. The Morgan fingerprint density at radius 1 is 1.15 bits per heavy atom. The molecule has 0 spiro atoms. The number of allylic oxidation sites excluding steroid dienone is 4. The lowest BCUT2D eigenvalue weighted by atomic mass is 9.46. The van der Waals surface area contributed by atoms with E-state index in [1.165, 1.54) is 6.42 Å². The van der Waals surface area contributed by atoms with Crippen LogP contribution in [0.25, 0.3) is 0 Å². The fourth-order valence-corrected chi connectivity index (χ4v) is 9.62. The molecule has 4 saturated carbocycles. The molecule has 1 N–H and O–H groups in total. The minimum Gasteiger partial charge on any atom is -0.457 e. The number of fused-ring (bicyclic) bond motifs is 7. The Bertz CT molecular complexity index is 1100. The van der Waals surface area contributed by atoms with Gasteiger partial charge in [0.05, 0.1) is 18.1 Å². The van der Waals surface area contributed by atoms with Crippen molar-refractivity contribution in [2.24, 2.45) is 40.4 Å². The second kappa shape index (κ2) is 9.63. The van der Waals surface area contributed by atoms with Gasteiger partial charge in [-0.05, 0) is 62.5 Å². The van der Waals surface area contributed by atoms with E-state index in [0.29, 0.717) is 12.8 Å². The zero-order chi connectivity index (χ0) is 27.7. The molecule has 0 amide bonds. The molecule has 9 atom stereocenters. The summed E-state index contributed by atoms with van der Waals surface area (Å²) in [5.74, 6) is -0.471. The van der Waals surface area contributed by atoms with Crippen molar-refractivity contribution in [1.29, 1.82) is 0 Å². The van der Waals surface area contributed by atoms with E-state index in [9.17, 15) is 19.5 Å². The lowest BCUT2D eigenvalue weighted by Gasteiger charge is -2.59. The zero-order valence-electron chi connectivity index (χ0n) is 23.8. The highest BCUT2D eigenvalue weighted by Crippen LogP contribution is 2.70. The summed E-state index contributed by atoms with van der Waals surface area (Å²) in [4.78, 5) is 38.7. The predicted octanol–water partition coefficient (Wildman–Crippen LogP) is 4.70. The van der Waals surface area contributed by atoms with Crippen molar-refractivity contribution in [3.63, 3.8) is 0 Å². The first kappa shape index (κ1) is 27.3. The van der Waals surface area contributed by atoms with Crippen molar-refractivity contribution >= 4 is 17.5 Å². The van der Waals surface area contributed by atoms with E-state index in [0.717, 1.165) is 44.1 Å². The van der Waals surface area contributed by atoms with Crippen LogP contribution in [0.15, 0.2) is 23.8 Å². The van der Waals surface area contributed by atoms with Gasteiger partial charge in [0.25, 0.3) is 0 Å². The molecular weight excluding hydrogens is 496 g/mol. The van der Waals surface area contributed by atoms with Crippen LogP contribution in [0.2, 0.25) is 0 Å². The summed E-state index contributed by atoms with van der Waals surface area (Å²) in [5.41, 5.74) is -1.19. The Morgan fingerprint density at radius 2 is 1.90 bits per heavy atom. The third-order valence-electron chi connectivity index (χ3n) is 11.5. The number of ketones is 2. The molecule has 5 aliphatic carbocycles. The summed E-state index contributed by atoms with van der Waals surface area (Å²) >= 11 is 0. The van der Waals surface area contributed by atoms with E-state index >= 15 is 0 Å². The Kier molecular flexibility index (Phi) is 6.75. The average Bonchev–Trinajstić information content (AvgIpc) is 3.41. The van der Waals surface area contributed by atoms with E-state index in [1.807, 2.05) is 6.08 Å². The molecule has 214 valence electrons. The molecule has 0 radical (unpaired) electrons. The van der Waals surface area contributed by atoms with Crippen molar-refractivity contribution in [3.8, 4) is 0 Å². The first-order valence-electron chi connectivity index (χ1n) is 15.2. The number of esters is 1. The molecule has 6 unspecified atom stereocenters. The smallest absolute Gasteiger partial charge is 0.308 e. The number of rotatable bonds is 5. The van der Waals surface area contributed by atoms with Gasteiger partial charge in [-0.2, -0.15) is 0 Å². The number of carbonyl (C=O) groups is 3. The van der Waals surface area contributed by atoms with Crippen LogP contribution < -0.4 is 0 Å². The van der Waals surface area contributed by atoms with Crippen LogP contribution in [0.1, 0.15) is 85.5 Å². The number of Topliss-reactive ketones (excluding diaryl/α,β-unsaturated/α-hetero) is 1. The monoisotopic (exact) mass is 540 g/mol. The largest absolute Gasteiger partial charge is 0.457 e. The third-order valence-corrected chi connectivity index (χ3v) is 11.5. The number of carbonyl (C=O) groups excluding carboxylic acids is 3. The van der Waals surface area contributed by atoms with E-state index in [-0.39, 0.29) is 53.2 Å². The molecule has 0 aromatic heterocycles. The molecule has 5 fully saturated rings. The molecule has 1 saturated heterocycles. The lowest BCUT2D eigenvalue weighted by molar-refractivity contribution is -0.210. The zero-order valence-corrected chi connectivity index (χ0v) is 23.8. The number of aliphatic hydroxyl groups is 1. The molecule has 7 nitrogen and oxygen atoms in total. The number of hydrogen-bond donors (Lipinski definition) is 1. The summed E-state index contributed by atoms with van der Waals surface area (Å²) in [5, 5.41) is 11.9. The molecule has 39 heavy (non-hydrogen) atoms. The van der Waals surface area contributed by atoms with Crippen LogP contribution in [-0.4, -0.2) is 53.3 Å². The van der Waals surface area contributed by atoms with Crippen LogP contribution in [0.4, 0.5) is 0 Å². The van der Waals surface area contributed by atoms with E-state index < -0.39 is 35.5 Å². The van der Waals surface area contributed by atoms with Gasteiger partial charge in [0.1, 0.15) is 0 Å². The third kappa shape index (κ3) is 3.97. The molecule has 1 aliphatic heterocycles. The van der Waals surface area contributed by atoms with Crippen molar-refractivity contribution in [1.82, 2.24) is 0 Å². The quantitative estimate of drug-likeness (QED) is 0.505. The van der Waals surface area contributed by atoms with Crippen LogP contribution in [0.3, 0.4) is 0 Å². The van der Waals surface area contributed by atoms with Gasteiger partial charge in [0, 0.05) is 22.7 Å². The molecule has 0 bridgehead atoms.